The highest BCUT2D eigenvalue weighted by Gasteiger charge is 2.11. The summed E-state index contributed by atoms with van der Waals surface area (Å²) in [4.78, 5) is 21.8. The van der Waals surface area contributed by atoms with Crippen LogP contribution in [0.15, 0.2) is 16.6 Å². The standard InChI is InChI=1S/C10H9BrO2/c1-6-9(11)4-3-8(5-12)10(6)7(2)13/h3-5H,1-2H3. The molecule has 0 aliphatic carbocycles. The van der Waals surface area contributed by atoms with Crippen LogP contribution in [0.4, 0.5) is 0 Å². The van der Waals surface area contributed by atoms with Crippen molar-refractivity contribution < 1.29 is 9.59 Å². The average Bonchev–Trinajstić information content (AvgIpc) is 2.08. The summed E-state index contributed by atoms with van der Waals surface area (Å²) in [6.07, 6.45) is 0.705. The first kappa shape index (κ1) is 10.1. The summed E-state index contributed by atoms with van der Waals surface area (Å²) in [5, 5.41) is 0. The smallest absolute Gasteiger partial charge is 0.160 e. The van der Waals surface area contributed by atoms with E-state index in [1.807, 2.05) is 6.92 Å². The van der Waals surface area contributed by atoms with Gasteiger partial charge in [-0.3, -0.25) is 9.59 Å². The fourth-order valence-corrected chi connectivity index (χ4v) is 1.60. The zero-order valence-corrected chi connectivity index (χ0v) is 9.01. The molecule has 0 aliphatic heterocycles. The molecule has 1 aromatic rings. The maximum absolute atomic E-state index is 11.2. The van der Waals surface area contributed by atoms with Crippen LogP contribution in [0.3, 0.4) is 0 Å². The van der Waals surface area contributed by atoms with Gasteiger partial charge in [0.1, 0.15) is 0 Å². The quantitative estimate of drug-likeness (QED) is 0.589. The van der Waals surface area contributed by atoms with Crippen LogP contribution in [0.1, 0.15) is 33.2 Å². The van der Waals surface area contributed by atoms with E-state index < -0.39 is 0 Å². The van der Waals surface area contributed by atoms with Crippen molar-refractivity contribution in [1.29, 1.82) is 0 Å². The molecule has 0 heterocycles. The van der Waals surface area contributed by atoms with Gasteiger partial charge in [-0.15, -0.1) is 0 Å². The van der Waals surface area contributed by atoms with Crippen LogP contribution < -0.4 is 0 Å². The van der Waals surface area contributed by atoms with Crippen molar-refractivity contribution >= 4 is 28.0 Å². The van der Waals surface area contributed by atoms with Crippen LogP contribution >= 0.6 is 15.9 Å². The number of benzene rings is 1. The van der Waals surface area contributed by atoms with Gasteiger partial charge in [0.05, 0.1) is 0 Å². The second-order valence-corrected chi connectivity index (χ2v) is 3.66. The van der Waals surface area contributed by atoms with Gasteiger partial charge >= 0.3 is 0 Å². The van der Waals surface area contributed by atoms with Crippen molar-refractivity contribution in [1.82, 2.24) is 0 Å². The maximum Gasteiger partial charge on any atom is 0.160 e. The Morgan fingerprint density at radius 3 is 2.54 bits per heavy atom. The highest BCUT2D eigenvalue weighted by molar-refractivity contribution is 9.10. The number of aldehydes is 1. The molecule has 2 nitrogen and oxygen atoms in total. The number of rotatable bonds is 2. The molecule has 0 atom stereocenters. The fraction of sp³-hybridized carbons (Fsp3) is 0.200. The molecule has 1 rings (SSSR count). The van der Waals surface area contributed by atoms with Gasteiger partial charge < -0.3 is 0 Å². The molecule has 0 radical (unpaired) electrons. The molecule has 13 heavy (non-hydrogen) atoms. The summed E-state index contributed by atoms with van der Waals surface area (Å²) in [5.41, 5.74) is 1.77. The van der Waals surface area contributed by atoms with Crippen LogP contribution in [0.2, 0.25) is 0 Å². The molecule has 0 aromatic heterocycles. The van der Waals surface area contributed by atoms with E-state index in [1.165, 1.54) is 6.92 Å². The van der Waals surface area contributed by atoms with E-state index in [9.17, 15) is 9.59 Å². The Balaban J connectivity index is 3.50. The van der Waals surface area contributed by atoms with Gasteiger partial charge in [0, 0.05) is 15.6 Å². The van der Waals surface area contributed by atoms with Crippen LogP contribution in [-0.4, -0.2) is 12.1 Å². The van der Waals surface area contributed by atoms with Gasteiger partial charge in [0.2, 0.25) is 0 Å². The minimum absolute atomic E-state index is 0.0825. The van der Waals surface area contributed by atoms with Crippen molar-refractivity contribution in [2.75, 3.05) is 0 Å². The topological polar surface area (TPSA) is 34.1 Å². The molecule has 0 spiro atoms. The molecule has 0 fully saturated rings. The van der Waals surface area contributed by atoms with Gasteiger partial charge in [-0.25, -0.2) is 0 Å². The van der Waals surface area contributed by atoms with Crippen molar-refractivity contribution in [3.05, 3.63) is 33.3 Å². The van der Waals surface area contributed by atoms with E-state index in [4.69, 9.17) is 0 Å². The highest BCUT2D eigenvalue weighted by Crippen LogP contribution is 2.22. The zero-order chi connectivity index (χ0) is 10.0. The second kappa shape index (κ2) is 3.83. The number of halogens is 1. The molecule has 0 saturated carbocycles. The Morgan fingerprint density at radius 2 is 2.08 bits per heavy atom. The molecular formula is C10H9BrO2. The van der Waals surface area contributed by atoms with Gasteiger partial charge in [-0.1, -0.05) is 15.9 Å². The number of carbonyl (C=O) groups is 2. The predicted octanol–water partition coefficient (Wildman–Crippen LogP) is 2.77. The summed E-state index contributed by atoms with van der Waals surface area (Å²) in [7, 11) is 0. The molecular weight excluding hydrogens is 232 g/mol. The minimum atomic E-state index is -0.0825. The number of ketones is 1. The number of Topliss-reactive ketones (excluding diaryl/α,β-unsaturated/α-hetero) is 1. The Hall–Kier alpha value is -0.960. The van der Waals surface area contributed by atoms with Crippen molar-refractivity contribution in [2.45, 2.75) is 13.8 Å². The Bertz CT molecular complexity index is 369. The fourth-order valence-electron chi connectivity index (χ4n) is 1.27. The summed E-state index contributed by atoms with van der Waals surface area (Å²) in [6, 6.07) is 3.41. The Morgan fingerprint density at radius 1 is 1.46 bits per heavy atom. The lowest BCUT2D eigenvalue weighted by molar-refractivity contribution is 0.100. The van der Waals surface area contributed by atoms with E-state index in [0.29, 0.717) is 17.4 Å². The van der Waals surface area contributed by atoms with E-state index >= 15 is 0 Å². The summed E-state index contributed by atoms with van der Waals surface area (Å²) < 4.78 is 0.850. The summed E-state index contributed by atoms with van der Waals surface area (Å²) >= 11 is 3.31. The summed E-state index contributed by atoms with van der Waals surface area (Å²) in [5.74, 6) is -0.0825. The average molecular weight is 241 g/mol. The number of carbonyl (C=O) groups excluding carboxylic acids is 2. The lowest BCUT2D eigenvalue weighted by atomic mass is 10.00. The first-order valence-electron chi connectivity index (χ1n) is 3.83. The van der Waals surface area contributed by atoms with E-state index in [2.05, 4.69) is 15.9 Å². The Kier molecular flexibility index (Phi) is 2.98. The van der Waals surface area contributed by atoms with Gasteiger partial charge in [-0.2, -0.15) is 0 Å². The molecule has 0 unspecified atom stereocenters. The SMILES string of the molecule is CC(=O)c1c(C=O)ccc(Br)c1C. The highest BCUT2D eigenvalue weighted by atomic mass is 79.9. The molecule has 0 saturated heterocycles. The number of hydrogen-bond acceptors (Lipinski definition) is 2. The third-order valence-electron chi connectivity index (χ3n) is 1.91. The normalized spacial score (nSPS) is 9.77. The van der Waals surface area contributed by atoms with Crippen LogP contribution in [0.25, 0.3) is 0 Å². The van der Waals surface area contributed by atoms with Crippen molar-refractivity contribution in [2.24, 2.45) is 0 Å². The number of hydrogen-bond donors (Lipinski definition) is 0. The third-order valence-corrected chi connectivity index (χ3v) is 2.77. The molecule has 3 heteroatoms. The van der Waals surface area contributed by atoms with E-state index in [-0.39, 0.29) is 5.78 Å². The molecule has 0 amide bonds. The first-order valence-corrected chi connectivity index (χ1v) is 4.62. The second-order valence-electron chi connectivity index (χ2n) is 2.81. The molecule has 0 bridgehead atoms. The molecule has 0 N–H and O–H groups in total. The van der Waals surface area contributed by atoms with Crippen LogP contribution in [0.5, 0.6) is 0 Å². The lowest BCUT2D eigenvalue weighted by Gasteiger charge is -2.06. The van der Waals surface area contributed by atoms with Crippen molar-refractivity contribution in [3.63, 3.8) is 0 Å². The predicted molar refractivity (Wildman–Crippen MR) is 54.3 cm³/mol. The molecule has 0 aliphatic rings. The maximum atomic E-state index is 11.2. The van der Waals surface area contributed by atoms with E-state index in [1.54, 1.807) is 12.1 Å². The largest absolute Gasteiger partial charge is 0.298 e. The monoisotopic (exact) mass is 240 g/mol. The zero-order valence-electron chi connectivity index (χ0n) is 7.43. The van der Waals surface area contributed by atoms with Crippen LogP contribution in [-0.2, 0) is 0 Å². The molecule has 1 aromatic carbocycles. The van der Waals surface area contributed by atoms with E-state index in [0.717, 1.165) is 10.0 Å². The Labute approximate surface area is 85.1 Å². The van der Waals surface area contributed by atoms with Gasteiger partial charge in [-0.05, 0) is 31.5 Å². The molecule has 68 valence electrons. The lowest BCUT2D eigenvalue weighted by Crippen LogP contribution is -2.02. The summed E-state index contributed by atoms with van der Waals surface area (Å²) in [6.45, 7) is 3.27. The first-order chi connectivity index (χ1) is 6.07. The third kappa shape index (κ3) is 1.86. The minimum Gasteiger partial charge on any atom is -0.298 e. The van der Waals surface area contributed by atoms with Crippen molar-refractivity contribution in [3.8, 4) is 0 Å². The van der Waals surface area contributed by atoms with Crippen LogP contribution in [0, 0.1) is 6.92 Å². The van der Waals surface area contributed by atoms with Gasteiger partial charge in [0.25, 0.3) is 0 Å². The van der Waals surface area contributed by atoms with Gasteiger partial charge in [0.15, 0.2) is 12.1 Å².